The third kappa shape index (κ3) is 10.4. The van der Waals surface area contributed by atoms with Crippen molar-refractivity contribution < 1.29 is 14.0 Å². The molecule has 0 spiro atoms. The van der Waals surface area contributed by atoms with Gasteiger partial charge in [-0.2, -0.15) is 0 Å². The molecule has 96 valence electrons. The Morgan fingerprint density at radius 3 is 2.12 bits per heavy atom. The first kappa shape index (κ1) is 15.9. The van der Waals surface area contributed by atoms with Gasteiger partial charge in [0.2, 0.25) is 0 Å². The molecule has 0 aliphatic carbocycles. The second-order valence-electron chi connectivity index (χ2n) is 4.05. The maximum atomic E-state index is 11.0. The van der Waals surface area contributed by atoms with Gasteiger partial charge in [-0.15, -0.1) is 0 Å². The Hall–Kier alpha value is -0.110. The Labute approximate surface area is 99.4 Å². The van der Waals surface area contributed by atoms with Gasteiger partial charge in [-0.1, -0.05) is 58.4 Å². The zero-order valence-corrected chi connectivity index (χ0v) is 11.3. The van der Waals surface area contributed by atoms with Crippen LogP contribution >= 0.6 is 7.60 Å². The summed E-state index contributed by atoms with van der Waals surface area (Å²) in [7, 11) is -3.48. The minimum absolute atomic E-state index is 0.356. The Bertz CT molecular complexity index is 216. The molecule has 3 nitrogen and oxygen atoms in total. The predicted octanol–water partition coefficient (Wildman–Crippen LogP) is 4.47. The molecule has 0 fully saturated rings. The number of hydrogen-bond donors (Lipinski definition) is 1. The molecule has 0 aromatic carbocycles. The monoisotopic (exact) mass is 248 g/mol. The van der Waals surface area contributed by atoms with Crippen LogP contribution in [0.25, 0.3) is 0 Å². The highest BCUT2D eigenvalue weighted by atomic mass is 31.2. The first-order chi connectivity index (χ1) is 7.62. The van der Waals surface area contributed by atoms with Crippen molar-refractivity contribution in [1.82, 2.24) is 0 Å². The summed E-state index contributed by atoms with van der Waals surface area (Å²) in [5.74, 6) is 0.984. The summed E-state index contributed by atoms with van der Waals surface area (Å²) in [5.41, 5.74) is 0. The standard InChI is InChI=1S/C12H25O3P/c1-3-5-6-7-8-9-10-11-12-15-16(13,14)4-2/h4H,2-3,5-12H2,1H3,(H,13,14). The normalized spacial score (nSPS) is 14.6. The molecule has 0 aromatic heterocycles. The maximum absolute atomic E-state index is 11.0. The predicted molar refractivity (Wildman–Crippen MR) is 68.6 cm³/mol. The smallest absolute Gasteiger partial charge is 0.321 e. The van der Waals surface area contributed by atoms with Gasteiger partial charge < -0.3 is 9.42 Å². The lowest BCUT2D eigenvalue weighted by atomic mass is 10.1. The highest BCUT2D eigenvalue weighted by Crippen LogP contribution is 2.42. The van der Waals surface area contributed by atoms with E-state index in [1.165, 1.54) is 38.5 Å². The van der Waals surface area contributed by atoms with Gasteiger partial charge in [-0.25, -0.2) is 0 Å². The van der Waals surface area contributed by atoms with E-state index in [9.17, 15) is 4.57 Å². The van der Waals surface area contributed by atoms with E-state index >= 15 is 0 Å². The molecule has 0 saturated heterocycles. The molecule has 4 heteroatoms. The lowest BCUT2D eigenvalue weighted by molar-refractivity contribution is 0.260. The van der Waals surface area contributed by atoms with E-state index in [-0.39, 0.29) is 0 Å². The van der Waals surface area contributed by atoms with Crippen LogP contribution < -0.4 is 0 Å². The van der Waals surface area contributed by atoms with E-state index in [4.69, 9.17) is 9.42 Å². The molecular formula is C12H25O3P. The van der Waals surface area contributed by atoms with Gasteiger partial charge in [-0.3, -0.25) is 4.57 Å². The molecule has 0 aromatic rings. The van der Waals surface area contributed by atoms with E-state index in [0.717, 1.165) is 18.7 Å². The van der Waals surface area contributed by atoms with Crippen LogP contribution in [0.1, 0.15) is 58.3 Å². The van der Waals surface area contributed by atoms with Gasteiger partial charge in [0.15, 0.2) is 0 Å². The minimum atomic E-state index is -3.48. The molecule has 0 amide bonds. The van der Waals surface area contributed by atoms with Crippen LogP contribution in [-0.4, -0.2) is 11.5 Å². The van der Waals surface area contributed by atoms with E-state index in [1.807, 2.05) is 0 Å². The van der Waals surface area contributed by atoms with Gasteiger partial charge in [0.05, 0.1) is 6.61 Å². The molecule has 0 bridgehead atoms. The first-order valence-electron chi connectivity index (χ1n) is 6.23. The molecule has 0 saturated carbocycles. The van der Waals surface area contributed by atoms with Crippen LogP contribution in [0.4, 0.5) is 0 Å². The molecule has 1 unspecified atom stereocenters. The SMILES string of the molecule is C=CP(=O)(O)OCCCCCCCCCC. The molecule has 0 aliphatic heterocycles. The van der Waals surface area contributed by atoms with Gasteiger partial charge in [0.25, 0.3) is 0 Å². The van der Waals surface area contributed by atoms with Crippen molar-refractivity contribution in [3.63, 3.8) is 0 Å². The summed E-state index contributed by atoms with van der Waals surface area (Å²) in [6, 6.07) is 0. The summed E-state index contributed by atoms with van der Waals surface area (Å²) in [4.78, 5) is 9.04. The van der Waals surface area contributed by atoms with Gasteiger partial charge in [0, 0.05) is 5.82 Å². The van der Waals surface area contributed by atoms with Gasteiger partial charge in [0.1, 0.15) is 0 Å². The van der Waals surface area contributed by atoms with Crippen LogP contribution in [0.5, 0.6) is 0 Å². The molecule has 0 aliphatic rings. The Morgan fingerprint density at radius 2 is 1.62 bits per heavy atom. The topological polar surface area (TPSA) is 46.5 Å². The maximum Gasteiger partial charge on any atom is 0.351 e. The van der Waals surface area contributed by atoms with Crippen LogP contribution in [-0.2, 0) is 9.09 Å². The summed E-state index contributed by atoms with van der Waals surface area (Å²) >= 11 is 0. The Morgan fingerprint density at radius 1 is 1.12 bits per heavy atom. The highest BCUT2D eigenvalue weighted by molar-refractivity contribution is 7.56. The van der Waals surface area contributed by atoms with Crippen LogP contribution in [0, 0.1) is 0 Å². The minimum Gasteiger partial charge on any atom is -0.321 e. The van der Waals surface area contributed by atoms with E-state index < -0.39 is 7.60 Å². The van der Waals surface area contributed by atoms with E-state index in [0.29, 0.717) is 6.61 Å². The first-order valence-corrected chi connectivity index (χ1v) is 7.87. The number of hydrogen-bond acceptors (Lipinski definition) is 2. The van der Waals surface area contributed by atoms with E-state index in [2.05, 4.69) is 13.5 Å². The Kier molecular flexibility index (Phi) is 10.0. The van der Waals surface area contributed by atoms with Crippen molar-refractivity contribution in [2.75, 3.05) is 6.61 Å². The average Bonchev–Trinajstić information content (AvgIpc) is 2.27. The fourth-order valence-electron chi connectivity index (χ4n) is 1.48. The van der Waals surface area contributed by atoms with Crippen LogP contribution in [0.3, 0.4) is 0 Å². The van der Waals surface area contributed by atoms with Crippen molar-refractivity contribution >= 4 is 7.60 Å². The molecule has 0 radical (unpaired) electrons. The molecule has 16 heavy (non-hydrogen) atoms. The summed E-state index contributed by atoms with van der Waals surface area (Å²) in [5, 5.41) is 0. The molecular weight excluding hydrogens is 223 g/mol. The second kappa shape index (κ2) is 10.1. The van der Waals surface area contributed by atoms with Gasteiger partial charge in [-0.05, 0) is 6.42 Å². The lowest BCUT2D eigenvalue weighted by Crippen LogP contribution is -1.91. The fourth-order valence-corrected chi connectivity index (χ4v) is 1.98. The third-order valence-corrected chi connectivity index (χ3v) is 3.52. The van der Waals surface area contributed by atoms with Crippen molar-refractivity contribution in [3.8, 4) is 0 Å². The lowest BCUT2D eigenvalue weighted by Gasteiger charge is -2.07. The van der Waals surface area contributed by atoms with Crippen LogP contribution in [0.15, 0.2) is 12.4 Å². The Balaban J connectivity index is 3.16. The zero-order chi connectivity index (χ0) is 12.3. The molecule has 0 heterocycles. The molecule has 1 atom stereocenters. The summed E-state index contributed by atoms with van der Waals surface area (Å²) in [6.45, 7) is 5.82. The van der Waals surface area contributed by atoms with Gasteiger partial charge >= 0.3 is 7.60 Å². The average molecular weight is 248 g/mol. The van der Waals surface area contributed by atoms with Crippen molar-refractivity contribution in [2.45, 2.75) is 58.3 Å². The second-order valence-corrected chi connectivity index (χ2v) is 5.81. The molecule has 0 rings (SSSR count). The quantitative estimate of drug-likeness (QED) is 0.433. The summed E-state index contributed by atoms with van der Waals surface area (Å²) < 4.78 is 15.8. The third-order valence-electron chi connectivity index (χ3n) is 2.50. The largest absolute Gasteiger partial charge is 0.351 e. The summed E-state index contributed by atoms with van der Waals surface area (Å²) in [6.07, 6.45) is 9.62. The van der Waals surface area contributed by atoms with Crippen molar-refractivity contribution in [2.24, 2.45) is 0 Å². The van der Waals surface area contributed by atoms with Crippen molar-refractivity contribution in [3.05, 3.63) is 12.4 Å². The number of unbranched alkanes of at least 4 members (excludes halogenated alkanes) is 7. The van der Waals surface area contributed by atoms with E-state index in [1.54, 1.807) is 0 Å². The van der Waals surface area contributed by atoms with Crippen LogP contribution in [0.2, 0.25) is 0 Å². The highest BCUT2D eigenvalue weighted by Gasteiger charge is 2.11. The zero-order valence-electron chi connectivity index (χ0n) is 10.4. The fraction of sp³-hybridized carbons (Fsp3) is 0.833. The molecule has 1 N–H and O–H groups in total. The van der Waals surface area contributed by atoms with Crippen molar-refractivity contribution in [1.29, 1.82) is 0 Å². The number of rotatable bonds is 11.